The molecule has 2 N–H and O–H groups in total. The van der Waals surface area contributed by atoms with Crippen LogP contribution in [0.4, 0.5) is 5.82 Å². The lowest BCUT2D eigenvalue weighted by Gasteiger charge is -2.05. The number of carbonyl (C=O) groups is 2. The molecule has 0 saturated heterocycles. The molecule has 26 heavy (non-hydrogen) atoms. The summed E-state index contributed by atoms with van der Waals surface area (Å²) in [4.78, 5) is 23.7. The van der Waals surface area contributed by atoms with Crippen molar-refractivity contribution in [2.75, 3.05) is 5.32 Å². The van der Waals surface area contributed by atoms with E-state index in [1.807, 2.05) is 24.3 Å². The minimum atomic E-state index is -1.22. The second-order valence-corrected chi connectivity index (χ2v) is 7.21. The molecule has 0 unspecified atom stereocenters. The average molecular weight is 483 g/mol. The van der Waals surface area contributed by atoms with E-state index < -0.39 is 11.9 Å². The molecule has 10 heteroatoms. The van der Waals surface area contributed by atoms with Crippen LogP contribution in [0.25, 0.3) is 0 Å². The molecule has 0 spiro atoms. The summed E-state index contributed by atoms with van der Waals surface area (Å²) in [7, 11) is 1.50. The van der Waals surface area contributed by atoms with Gasteiger partial charge in [0.25, 0.3) is 5.91 Å². The molecule has 0 aliphatic carbocycles. The highest BCUT2D eigenvalue weighted by molar-refractivity contribution is 9.10. The van der Waals surface area contributed by atoms with Crippen LogP contribution in [-0.2, 0) is 13.6 Å². The number of halogens is 2. The molecule has 0 aliphatic heterocycles. The number of aromatic carboxylic acids is 1. The molecule has 2 heterocycles. The van der Waals surface area contributed by atoms with Gasteiger partial charge in [0.05, 0.1) is 17.2 Å². The number of hydrogen-bond acceptors (Lipinski definition) is 4. The summed E-state index contributed by atoms with van der Waals surface area (Å²) in [6.07, 6.45) is 2.87. The Morgan fingerprint density at radius 3 is 2.58 bits per heavy atom. The van der Waals surface area contributed by atoms with Crippen molar-refractivity contribution >= 4 is 49.6 Å². The minimum Gasteiger partial charge on any atom is -0.478 e. The van der Waals surface area contributed by atoms with Crippen molar-refractivity contribution in [2.24, 2.45) is 7.05 Å². The van der Waals surface area contributed by atoms with Crippen molar-refractivity contribution in [3.63, 3.8) is 0 Å². The first-order valence-electron chi connectivity index (χ1n) is 7.39. The molecule has 1 aromatic carbocycles. The van der Waals surface area contributed by atoms with Crippen LogP contribution in [0, 0.1) is 0 Å². The highest BCUT2D eigenvalue weighted by atomic mass is 79.9. The number of nitrogens with zero attached hydrogens (tertiary/aromatic N) is 4. The third-order valence-corrected chi connectivity index (χ3v) is 4.70. The second kappa shape index (κ2) is 7.42. The fourth-order valence-corrected chi connectivity index (χ4v) is 3.05. The second-order valence-electron chi connectivity index (χ2n) is 5.44. The van der Waals surface area contributed by atoms with Crippen molar-refractivity contribution in [3.05, 3.63) is 62.4 Å². The van der Waals surface area contributed by atoms with Gasteiger partial charge in [-0.25, -0.2) is 4.79 Å². The number of benzene rings is 1. The number of anilines is 1. The Kier molecular flexibility index (Phi) is 5.23. The molecule has 0 radical (unpaired) electrons. The minimum absolute atomic E-state index is 0.0492. The highest BCUT2D eigenvalue weighted by Gasteiger charge is 2.23. The fourth-order valence-electron chi connectivity index (χ4n) is 2.37. The maximum Gasteiger partial charge on any atom is 0.339 e. The number of carbonyl (C=O) groups excluding carboxylic acids is 1. The first-order chi connectivity index (χ1) is 12.3. The van der Waals surface area contributed by atoms with E-state index in [2.05, 4.69) is 47.4 Å². The largest absolute Gasteiger partial charge is 0.478 e. The van der Waals surface area contributed by atoms with Gasteiger partial charge in [0.15, 0.2) is 5.82 Å². The highest BCUT2D eigenvalue weighted by Crippen LogP contribution is 2.22. The van der Waals surface area contributed by atoms with E-state index in [0.717, 1.165) is 16.2 Å². The number of amides is 1. The number of carboxylic acids is 1. The topological polar surface area (TPSA) is 102 Å². The summed E-state index contributed by atoms with van der Waals surface area (Å²) in [6.45, 7) is 0.522. The van der Waals surface area contributed by atoms with E-state index in [1.54, 1.807) is 10.9 Å². The number of nitrogens with one attached hydrogen (secondary N) is 1. The summed E-state index contributed by atoms with van der Waals surface area (Å²) in [5.41, 5.74) is 0.822. The predicted molar refractivity (Wildman–Crippen MR) is 101 cm³/mol. The van der Waals surface area contributed by atoms with Crippen molar-refractivity contribution in [1.29, 1.82) is 0 Å². The van der Waals surface area contributed by atoms with E-state index >= 15 is 0 Å². The molecule has 0 fully saturated rings. The Morgan fingerprint density at radius 2 is 1.92 bits per heavy atom. The third-order valence-electron chi connectivity index (χ3n) is 3.59. The molecule has 0 aliphatic rings. The summed E-state index contributed by atoms with van der Waals surface area (Å²) in [5, 5.41) is 19.9. The molecule has 8 nitrogen and oxygen atoms in total. The van der Waals surface area contributed by atoms with Gasteiger partial charge in [-0.2, -0.15) is 10.2 Å². The number of aryl methyl sites for hydroxylation is 1. The zero-order valence-electron chi connectivity index (χ0n) is 13.5. The molecular weight excluding hydrogens is 470 g/mol. The van der Waals surface area contributed by atoms with Gasteiger partial charge in [-0.3, -0.25) is 14.2 Å². The van der Waals surface area contributed by atoms with Crippen LogP contribution < -0.4 is 5.32 Å². The maximum atomic E-state index is 12.5. The maximum absolute atomic E-state index is 12.5. The fraction of sp³-hybridized carbons (Fsp3) is 0.125. The van der Waals surface area contributed by atoms with Gasteiger partial charge in [-0.05, 0) is 33.6 Å². The van der Waals surface area contributed by atoms with E-state index in [9.17, 15) is 14.7 Å². The van der Waals surface area contributed by atoms with Gasteiger partial charge in [0.2, 0.25) is 0 Å². The molecule has 0 atom stereocenters. The van der Waals surface area contributed by atoms with Crippen LogP contribution in [0.1, 0.15) is 26.4 Å². The van der Waals surface area contributed by atoms with Crippen molar-refractivity contribution < 1.29 is 14.7 Å². The van der Waals surface area contributed by atoms with Gasteiger partial charge < -0.3 is 10.4 Å². The van der Waals surface area contributed by atoms with Crippen molar-refractivity contribution in [2.45, 2.75) is 6.54 Å². The van der Waals surface area contributed by atoms with Crippen molar-refractivity contribution in [1.82, 2.24) is 19.6 Å². The standard InChI is InChI=1S/C16H13Br2N5O3/c1-22-13(11(6-19-22)16(25)26)15(24)20-14-12(18)8-23(21-14)7-9-2-4-10(17)5-3-9/h2-6,8H,7H2,1H3,(H,25,26)(H,20,21,24). The normalized spacial score (nSPS) is 10.7. The van der Waals surface area contributed by atoms with Gasteiger partial charge in [-0.1, -0.05) is 28.1 Å². The Bertz CT molecular complexity index is 978. The SMILES string of the molecule is Cn1ncc(C(=O)O)c1C(=O)Nc1nn(Cc2ccc(Br)cc2)cc1Br. The molecular formula is C16H13Br2N5O3. The van der Waals surface area contributed by atoms with Crippen LogP contribution in [0.5, 0.6) is 0 Å². The van der Waals surface area contributed by atoms with Gasteiger partial charge in [0, 0.05) is 17.7 Å². The summed E-state index contributed by atoms with van der Waals surface area (Å²) >= 11 is 6.74. The van der Waals surface area contributed by atoms with E-state index in [0.29, 0.717) is 16.8 Å². The van der Waals surface area contributed by atoms with E-state index in [1.165, 1.54) is 11.7 Å². The van der Waals surface area contributed by atoms with Gasteiger partial charge in [0.1, 0.15) is 11.3 Å². The smallest absolute Gasteiger partial charge is 0.339 e. The lowest BCUT2D eigenvalue weighted by molar-refractivity contribution is 0.0692. The van der Waals surface area contributed by atoms with Crippen LogP contribution in [0.15, 0.2) is 45.6 Å². The number of carboxylic acid groups (broad SMARTS) is 1. The Hall–Kier alpha value is -2.46. The zero-order chi connectivity index (χ0) is 18.8. The van der Waals surface area contributed by atoms with Crippen LogP contribution in [0.3, 0.4) is 0 Å². The third kappa shape index (κ3) is 3.86. The van der Waals surface area contributed by atoms with Gasteiger partial charge >= 0.3 is 5.97 Å². The number of hydrogen-bond donors (Lipinski definition) is 2. The Balaban J connectivity index is 1.79. The number of aromatic nitrogens is 4. The Morgan fingerprint density at radius 1 is 1.23 bits per heavy atom. The van der Waals surface area contributed by atoms with Crippen molar-refractivity contribution in [3.8, 4) is 0 Å². The first kappa shape index (κ1) is 18.3. The molecule has 1 amide bonds. The van der Waals surface area contributed by atoms with E-state index in [4.69, 9.17) is 0 Å². The number of rotatable bonds is 5. The quantitative estimate of drug-likeness (QED) is 0.581. The lowest BCUT2D eigenvalue weighted by Crippen LogP contribution is -2.20. The summed E-state index contributed by atoms with van der Waals surface area (Å²) < 4.78 is 4.46. The molecule has 0 bridgehead atoms. The first-order valence-corrected chi connectivity index (χ1v) is 8.98. The lowest BCUT2D eigenvalue weighted by atomic mass is 10.2. The molecule has 0 saturated carbocycles. The molecule has 3 rings (SSSR count). The van der Waals surface area contributed by atoms with Gasteiger partial charge in [-0.15, -0.1) is 0 Å². The van der Waals surface area contributed by atoms with E-state index in [-0.39, 0.29) is 11.3 Å². The predicted octanol–water partition coefficient (Wildman–Crippen LogP) is 3.14. The summed E-state index contributed by atoms with van der Waals surface area (Å²) in [5.74, 6) is -1.52. The van der Waals surface area contributed by atoms with Crippen LogP contribution >= 0.6 is 31.9 Å². The molecule has 3 aromatic rings. The zero-order valence-corrected chi connectivity index (χ0v) is 16.7. The Labute approximate surface area is 165 Å². The average Bonchev–Trinajstić information content (AvgIpc) is 3.13. The van der Waals surface area contributed by atoms with Crippen LogP contribution in [0.2, 0.25) is 0 Å². The molecule has 134 valence electrons. The van der Waals surface area contributed by atoms with Crippen LogP contribution in [-0.4, -0.2) is 36.5 Å². The summed E-state index contributed by atoms with van der Waals surface area (Å²) in [6, 6.07) is 7.80. The molecule has 2 aromatic heterocycles. The monoisotopic (exact) mass is 481 g/mol.